The SMILES string of the molecule is CC(=O)OCC1C(=O)NN(c2ccccc2)C1c1ccccc1.CC(=O)OCCC1CN(c2ccccc2)NC1=O.CC1C(=O)NN(c2ccccc2)C1c1ccccc1.CCC1C(C)C(=O)NN1c1ccccc1. The van der Waals surface area contributed by atoms with E-state index in [-0.39, 0.29) is 84.7 Å². The highest BCUT2D eigenvalue weighted by Crippen LogP contribution is 2.38. The molecule has 4 amide bonds. The fraction of sp³-hybridized carbons (Fsp3) is 0.288. The van der Waals surface area contributed by atoms with Crippen LogP contribution in [0.1, 0.15) is 70.7 Å². The summed E-state index contributed by atoms with van der Waals surface area (Å²) in [4.78, 5) is 69.5. The Kier molecular flexibility index (Phi) is 19.0. The number of nitrogens with one attached hydrogen (secondary N) is 4. The van der Waals surface area contributed by atoms with Gasteiger partial charge >= 0.3 is 11.9 Å². The number of carbonyl (C=O) groups excluding carboxylic acids is 6. The third kappa shape index (κ3) is 14.1. The molecule has 4 aliphatic heterocycles. The average molecular weight is 1020 g/mol. The van der Waals surface area contributed by atoms with E-state index in [4.69, 9.17) is 9.47 Å². The van der Waals surface area contributed by atoms with E-state index in [2.05, 4.69) is 40.8 Å². The van der Waals surface area contributed by atoms with Crippen LogP contribution in [-0.4, -0.2) is 61.4 Å². The van der Waals surface area contributed by atoms with E-state index in [1.54, 1.807) is 0 Å². The molecular formula is C59H66N8O8. The number of carbonyl (C=O) groups is 6. The Hall–Kier alpha value is -8.66. The van der Waals surface area contributed by atoms with Crippen molar-refractivity contribution in [2.75, 3.05) is 39.8 Å². The van der Waals surface area contributed by atoms with Crippen molar-refractivity contribution < 1.29 is 38.2 Å². The highest BCUT2D eigenvalue weighted by atomic mass is 16.5. The van der Waals surface area contributed by atoms with Gasteiger partial charge in [0.1, 0.15) is 12.5 Å². The first-order valence-electron chi connectivity index (χ1n) is 25.3. The number of nitrogens with zero attached hydrogens (tertiary/aromatic N) is 4. The van der Waals surface area contributed by atoms with E-state index in [9.17, 15) is 28.8 Å². The number of hydrogen-bond acceptors (Lipinski definition) is 12. The topological polar surface area (TPSA) is 182 Å². The fourth-order valence-corrected chi connectivity index (χ4v) is 9.37. The van der Waals surface area contributed by atoms with Crippen LogP contribution in [0.5, 0.6) is 0 Å². The summed E-state index contributed by atoms with van der Waals surface area (Å²) in [5.41, 5.74) is 17.6. The summed E-state index contributed by atoms with van der Waals surface area (Å²) in [7, 11) is 0. The summed E-state index contributed by atoms with van der Waals surface area (Å²) in [6, 6.07) is 59.2. The molecule has 16 nitrogen and oxygen atoms in total. The molecule has 0 aliphatic carbocycles. The number of amides is 4. The molecule has 0 saturated carbocycles. The Morgan fingerprint density at radius 2 is 0.880 bits per heavy atom. The van der Waals surface area contributed by atoms with E-state index in [0.717, 1.165) is 40.3 Å². The van der Waals surface area contributed by atoms with Gasteiger partial charge in [-0.1, -0.05) is 154 Å². The average Bonchev–Trinajstić information content (AvgIpc) is 4.17. The molecule has 390 valence electrons. The van der Waals surface area contributed by atoms with E-state index < -0.39 is 5.92 Å². The molecule has 4 heterocycles. The molecule has 7 atom stereocenters. The van der Waals surface area contributed by atoms with E-state index >= 15 is 0 Å². The standard InChI is InChI=1S/C18H18N2O3.C16H16N2O.C13H16N2O3.C12H16N2O/c1-13(21)23-12-16-17(14-8-4-2-5-9-14)20(19-18(16)22)15-10-6-3-7-11-15;1-12-15(13-8-4-2-5-9-13)18(17-16(12)19)14-10-6-3-7-11-14;1-10(16)18-8-7-11-9-15(14-13(11)17)12-5-3-2-4-6-12;1-3-11-9(2)12(15)13-14(11)10-7-5-4-6-8-10/h2-11,16-17H,12H2,1H3,(H,19,22);2-12,15H,1H3,(H,17,19);2-6,11H,7-9H2,1H3,(H,14,17);4-9,11H,3H2,1-2H3,(H,13,15). The van der Waals surface area contributed by atoms with E-state index in [1.807, 2.05) is 204 Å². The monoisotopic (exact) mass is 1010 g/mol. The minimum Gasteiger partial charge on any atom is -0.466 e. The van der Waals surface area contributed by atoms with Crippen molar-refractivity contribution in [2.24, 2.45) is 23.7 Å². The van der Waals surface area contributed by atoms with Crippen LogP contribution in [0, 0.1) is 23.7 Å². The number of ether oxygens (including phenoxy) is 2. The Balaban J connectivity index is 0.000000147. The lowest BCUT2D eigenvalue weighted by atomic mass is 9.94. The highest BCUT2D eigenvalue weighted by molar-refractivity contribution is 5.87. The maximum atomic E-state index is 12.4. The minimum atomic E-state index is -0.457. The van der Waals surface area contributed by atoms with Crippen LogP contribution in [-0.2, 0) is 38.2 Å². The lowest BCUT2D eigenvalue weighted by molar-refractivity contribution is -0.144. The zero-order valence-electron chi connectivity index (χ0n) is 43.0. The molecule has 7 unspecified atom stereocenters. The van der Waals surface area contributed by atoms with Crippen molar-refractivity contribution in [1.82, 2.24) is 21.7 Å². The van der Waals surface area contributed by atoms with Gasteiger partial charge in [0.25, 0.3) is 0 Å². The molecule has 4 saturated heterocycles. The molecule has 0 aromatic heterocycles. The molecule has 75 heavy (non-hydrogen) atoms. The summed E-state index contributed by atoms with van der Waals surface area (Å²) in [6.07, 6.45) is 1.52. The number of para-hydroxylation sites is 4. The molecule has 16 heteroatoms. The summed E-state index contributed by atoms with van der Waals surface area (Å²) in [5.74, 6) is -1.28. The molecule has 0 radical (unpaired) electrons. The van der Waals surface area contributed by atoms with Crippen LogP contribution < -0.4 is 41.7 Å². The van der Waals surface area contributed by atoms with Gasteiger partial charge in [-0.15, -0.1) is 0 Å². The number of hydrazine groups is 4. The lowest BCUT2D eigenvalue weighted by Crippen LogP contribution is -2.38. The molecule has 4 aliphatic rings. The molecule has 6 aromatic carbocycles. The first-order chi connectivity index (χ1) is 36.3. The highest BCUT2D eigenvalue weighted by Gasteiger charge is 2.43. The summed E-state index contributed by atoms with van der Waals surface area (Å²) in [5, 5.41) is 7.60. The molecule has 4 fully saturated rings. The van der Waals surface area contributed by atoms with Crippen LogP contribution in [0.25, 0.3) is 0 Å². The Labute approximate surface area is 438 Å². The lowest BCUT2D eigenvalue weighted by Gasteiger charge is -2.28. The zero-order chi connectivity index (χ0) is 53.3. The van der Waals surface area contributed by atoms with Gasteiger partial charge in [0.15, 0.2) is 0 Å². The number of rotatable bonds is 12. The number of anilines is 4. The zero-order valence-corrected chi connectivity index (χ0v) is 43.0. The predicted molar refractivity (Wildman–Crippen MR) is 289 cm³/mol. The van der Waals surface area contributed by atoms with Gasteiger partial charge in [-0.2, -0.15) is 0 Å². The van der Waals surface area contributed by atoms with Gasteiger partial charge in [0.05, 0.1) is 71.8 Å². The molecule has 0 bridgehead atoms. The number of hydrogen-bond donors (Lipinski definition) is 4. The van der Waals surface area contributed by atoms with Crippen LogP contribution in [0.4, 0.5) is 22.7 Å². The third-order valence-corrected chi connectivity index (χ3v) is 13.3. The van der Waals surface area contributed by atoms with E-state index in [0.29, 0.717) is 13.0 Å². The second kappa shape index (κ2) is 26.3. The van der Waals surface area contributed by atoms with Gasteiger partial charge in [-0.3, -0.25) is 70.5 Å². The van der Waals surface area contributed by atoms with Crippen molar-refractivity contribution >= 4 is 58.3 Å². The van der Waals surface area contributed by atoms with Gasteiger partial charge in [0.2, 0.25) is 23.6 Å². The van der Waals surface area contributed by atoms with Crippen molar-refractivity contribution in [3.8, 4) is 0 Å². The largest absolute Gasteiger partial charge is 0.466 e. The van der Waals surface area contributed by atoms with Crippen molar-refractivity contribution in [3.63, 3.8) is 0 Å². The van der Waals surface area contributed by atoms with Crippen LogP contribution in [0.3, 0.4) is 0 Å². The fourth-order valence-electron chi connectivity index (χ4n) is 9.37. The summed E-state index contributed by atoms with van der Waals surface area (Å²) < 4.78 is 9.96. The minimum absolute atomic E-state index is 0.0222. The Morgan fingerprint density at radius 3 is 1.36 bits per heavy atom. The van der Waals surface area contributed by atoms with Gasteiger partial charge < -0.3 is 9.47 Å². The number of esters is 2. The number of benzene rings is 6. The molecular weight excluding hydrogens is 949 g/mol. The van der Waals surface area contributed by atoms with Crippen LogP contribution >= 0.6 is 0 Å². The first-order valence-corrected chi connectivity index (χ1v) is 25.3. The predicted octanol–water partition coefficient (Wildman–Crippen LogP) is 8.43. The molecule has 0 spiro atoms. The van der Waals surface area contributed by atoms with Gasteiger partial charge in [0, 0.05) is 13.8 Å². The Bertz CT molecular complexity index is 2800. The van der Waals surface area contributed by atoms with Crippen LogP contribution in [0.2, 0.25) is 0 Å². The normalized spacial score (nSPS) is 21.4. The second-order valence-electron chi connectivity index (χ2n) is 18.5. The maximum absolute atomic E-state index is 12.4. The van der Waals surface area contributed by atoms with E-state index in [1.165, 1.54) is 13.8 Å². The third-order valence-electron chi connectivity index (χ3n) is 13.3. The van der Waals surface area contributed by atoms with Crippen molar-refractivity contribution in [2.45, 2.75) is 65.6 Å². The molecule has 4 N–H and O–H groups in total. The smallest absolute Gasteiger partial charge is 0.302 e. The summed E-state index contributed by atoms with van der Waals surface area (Å²) in [6.45, 7) is 9.72. The van der Waals surface area contributed by atoms with Gasteiger partial charge in [-0.05, 0) is 72.5 Å². The summed E-state index contributed by atoms with van der Waals surface area (Å²) >= 11 is 0. The molecule has 10 rings (SSSR count). The Morgan fingerprint density at radius 1 is 0.480 bits per heavy atom. The van der Waals surface area contributed by atoms with Crippen molar-refractivity contribution in [1.29, 1.82) is 0 Å². The van der Waals surface area contributed by atoms with Crippen molar-refractivity contribution in [3.05, 3.63) is 193 Å². The van der Waals surface area contributed by atoms with Gasteiger partial charge in [-0.25, -0.2) is 0 Å². The maximum Gasteiger partial charge on any atom is 0.302 e. The first kappa shape index (κ1) is 54.1. The second-order valence-corrected chi connectivity index (χ2v) is 18.5. The van der Waals surface area contributed by atoms with Crippen LogP contribution in [0.15, 0.2) is 182 Å². The molecule has 6 aromatic rings. The quantitative estimate of drug-likeness (QED) is 0.0861.